The molecule has 0 bridgehead atoms. The van der Waals surface area contributed by atoms with Crippen LogP contribution < -0.4 is 10.1 Å². The van der Waals surface area contributed by atoms with Crippen molar-refractivity contribution >= 4 is 11.6 Å². The quantitative estimate of drug-likeness (QED) is 0.609. The molecule has 0 radical (unpaired) electrons. The molecule has 7 nitrogen and oxygen atoms in total. The van der Waals surface area contributed by atoms with Gasteiger partial charge in [0.05, 0.1) is 18.6 Å². The van der Waals surface area contributed by atoms with Crippen LogP contribution in [0.2, 0.25) is 0 Å². The number of nitro groups is 1. The maximum Gasteiger partial charge on any atom is 0.311 e. The normalized spacial score (nSPS) is 10.8. The van der Waals surface area contributed by atoms with E-state index in [0.29, 0.717) is 6.54 Å². The van der Waals surface area contributed by atoms with Crippen LogP contribution in [0.5, 0.6) is 5.75 Å². The Bertz CT molecular complexity index is 517. The topological polar surface area (TPSA) is 84.7 Å². The van der Waals surface area contributed by atoms with Crippen molar-refractivity contribution in [1.29, 1.82) is 0 Å². The number of hydrogen-bond acceptors (Lipinski definition) is 5. The summed E-state index contributed by atoms with van der Waals surface area (Å²) in [7, 11) is 3.18. The molecule has 0 unspecified atom stereocenters. The average molecular weight is 295 g/mol. The summed E-state index contributed by atoms with van der Waals surface area (Å²) in [6.07, 6.45) is 0. The first kappa shape index (κ1) is 16.9. The molecule has 0 atom stereocenters. The lowest BCUT2D eigenvalue weighted by atomic mass is 10.1. The molecule has 1 rings (SSSR count). The van der Waals surface area contributed by atoms with Crippen LogP contribution in [0.25, 0.3) is 0 Å². The predicted molar refractivity (Wildman–Crippen MR) is 79.3 cm³/mol. The molecule has 1 aromatic carbocycles. The molecule has 1 amide bonds. The van der Waals surface area contributed by atoms with E-state index in [4.69, 9.17) is 4.74 Å². The highest BCUT2D eigenvalue weighted by molar-refractivity contribution is 5.78. The smallest absolute Gasteiger partial charge is 0.311 e. The van der Waals surface area contributed by atoms with E-state index in [2.05, 4.69) is 5.32 Å². The molecule has 0 saturated heterocycles. The van der Waals surface area contributed by atoms with Gasteiger partial charge in [0.2, 0.25) is 5.91 Å². The highest BCUT2D eigenvalue weighted by Gasteiger charge is 2.16. The molecule has 21 heavy (non-hydrogen) atoms. The van der Waals surface area contributed by atoms with E-state index in [1.165, 1.54) is 13.2 Å². The molecule has 0 saturated carbocycles. The van der Waals surface area contributed by atoms with Crippen LogP contribution in [-0.2, 0) is 11.3 Å². The van der Waals surface area contributed by atoms with Gasteiger partial charge in [-0.1, -0.05) is 6.07 Å². The Hall–Kier alpha value is -2.15. The Kier molecular flexibility index (Phi) is 6.10. The van der Waals surface area contributed by atoms with E-state index in [1.54, 1.807) is 24.1 Å². The molecular weight excluding hydrogens is 274 g/mol. The summed E-state index contributed by atoms with van der Waals surface area (Å²) in [5.74, 6) is 0.152. The minimum Gasteiger partial charge on any atom is -0.490 e. The van der Waals surface area contributed by atoms with Crippen molar-refractivity contribution in [2.24, 2.45) is 0 Å². The van der Waals surface area contributed by atoms with Gasteiger partial charge >= 0.3 is 5.69 Å². The summed E-state index contributed by atoms with van der Waals surface area (Å²) >= 11 is 0. The van der Waals surface area contributed by atoms with Crippen LogP contribution in [0.3, 0.4) is 0 Å². The lowest BCUT2D eigenvalue weighted by Gasteiger charge is -2.17. The summed E-state index contributed by atoms with van der Waals surface area (Å²) in [5, 5.41) is 13.8. The van der Waals surface area contributed by atoms with Crippen molar-refractivity contribution < 1.29 is 14.5 Å². The summed E-state index contributed by atoms with van der Waals surface area (Å²) in [4.78, 5) is 23.9. The van der Waals surface area contributed by atoms with Crippen LogP contribution >= 0.6 is 0 Å². The number of likely N-dealkylation sites (N-methyl/N-ethyl adjacent to an activating group) is 1. The number of nitro benzene ring substituents is 1. The van der Waals surface area contributed by atoms with Crippen LogP contribution in [0, 0.1) is 10.1 Å². The Balaban J connectivity index is 2.72. The van der Waals surface area contributed by atoms with Gasteiger partial charge in [-0.15, -0.1) is 0 Å². The highest BCUT2D eigenvalue weighted by Crippen LogP contribution is 2.27. The van der Waals surface area contributed by atoms with Gasteiger partial charge in [0.15, 0.2) is 5.75 Å². The fourth-order valence-electron chi connectivity index (χ4n) is 1.96. The van der Waals surface area contributed by atoms with Crippen LogP contribution in [-0.4, -0.2) is 42.5 Å². The number of carbonyl (C=O) groups excluding carboxylic acids is 1. The molecule has 7 heteroatoms. The van der Waals surface area contributed by atoms with Crippen molar-refractivity contribution in [3.05, 3.63) is 33.9 Å². The van der Waals surface area contributed by atoms with Gasteiger partial charge < -0.3 is 10.1 Å². The van der Waals surface area contributed by atoms with Crippen LogP contribution in [0.1, 0.15) is 19.4 Å². The minimum absolute atomic E-state index is 0.0736. The zero-order valence-corrected chi connectivity index (χ0v) is 12.8. The van der Waals surface area contributed by atoms with Gasteiger partial charge in [-0.2, -0.15) is 0 Å². The molecule has 0 heterocycles. The van der Waals surface area contributed by atoms with Gasteiger partial charge in [-0.3, -0.25) is 19.8 Å². The molecule has 0 aliphatic heterocycles. The minimum atomic E-state index is -0.478. The number of methoxy groups -OCH3 is 1. The SMILES string of the molecule is COc1ccc(CN(C)CC(=O)NC(C)C)cc1[N+](=O)[O-]. The van der Waals surface area contributed by atoms with Crippen molar-refractivity contribution in [3.8, 4) is 5.75 Å². The summed E-state index contributed by atoms with van der Waals surface area (Å²) in [6, 6.07) is 4.88. The first-order valence-electron chi connectivity index (χ1n) is 6.62. The van der Waals surface area contributed by atoms with Crippen molar-refractivity contribution in [3.63, 3.8) is 0 Å². The van der Waals surface area contributed by atoms with E-state index in [9.17, 15) is 14.9 Å². The second-order valence-corrected chi connectivity index (χ2v) is 5.16. The maximum atomic E-state index is 11.6. The van der Waals surface area contributed by atoms with Crippen molar-refractivity contribution in [1.82, 2.24) is 10.2 Å². The number of carbonyl (C=O) groups is 1. The monoisotopic (exact) mass is 295 g/mol. The zero-order valence-electron chi connectivity index (χ0n) is 12.8. The maximum absolute atomic E-state index is 11.6. The predicted octanol–water partition coefficient (Wildman–Crippen LogP) is 1.56. The van der Waals surface area contributed by atoms with E-state index in [1.807, 2.05) is 13.8 Å². The molecule has 0 aromatic heterocycles. The van der Waals surface area contributed by atoms with Gasteiger partial charge in [-0.05, 0) is 32.5 Å². The van der Waals surface area contributed by atoms with E-state index >= 15 is 0 Å². The van der Waals surface area contributed by atoms with Crippen LogP contribution in [0.4, 0.5) is 5.69 Å². The van der Waals surface area contributed by atoms with Gasteiger partial charge in [0.1, 0.15) is 0 Å². The molecule has 116 valence electrons. The first-order chi connectivity index (χ1) is 9.83. The number of nitrogens with zero attached hydrogens (tertiary/aromatic N) is 2. The Morgan fingerprint density at radius 1 is 1.48 bits per heavy atom. The number of benzene rings is 1. The third-order valence-corrected chi connectivity index (χ3v) is 2.76. The summed E-state index contributed by atoms with van der Waals surface area (Å²) < 4.78 is 4.96. The number of hydrogen-bond donors (Lipinski definition) is 1. The number of amides is 1. The largest absolute Gasteiger partial charge is 0.490 e. The second-order valence-electron chi connectivity index (χ2n) is 5.16. The fraction of sp³-hybridized carbons (Fsp3) is 0.500. The van der Waals surface area contributed by atoms with E-state index in [-0.39, 0.29) is 29.9 Å². The lowest BCUT2D eigenvalue weighted by molar-refractivity contribution is -0.385. The van der Waals surface area contributed by atoms with Crippen molar-refractivity contribution in [2.45, 2.75) is 26.4 Å². The third kappa shape index (κ3) is 5.39. The molecule has 1 aromatic rings. The third-order valence-electron chi connectivity index (χ3n) is 2.76. The van der Waals surface area contributed by atoms with Crippen LogP contribution in [0.15, 0.2) is 18.2 Å². The number of nitrogens with one attached hydrogen (secondary N) is 1. The molecule has 0 fully saturated rings. The van der Waals surface area contributed by atoms with Gasteiger partial charge in [-0.25, -0.2) is 0 Å². The first-order valence-corrected chi connectivity index (χ1v) is 6.62. The van der Waals surface area contributed by atoms with Crippen molar-refractivity contribution in [2.75, 3.05) is 20.7 Å². The highest BCUT2D eigenvalue weighted by atomic mass is 16.6. The molecular formula is C14H21N3O4. The Morgan fingerprint density at radius 3 is 2.67 bits per heavy atom. The van der Waals surface area contributed by atoms with E-state index < -0.39 is 4.92 Å². The number of rotatable bonds is 7. The standard InChI is InChI=1S/C14H21N3O4/c1-10(2)15-14(18)9-16(3)8-11-5-6-13(21-4)12(7-11)17(19)20/h5-7,10H,8-9H2,1-4H3,(H,15,18). The average Bonchev–Trinajstić information content (AvgIpc) is 2.37. The van der Waals surface area contributed by atoms with Gasteiger partial charge in [0.25, 0.3) is 0 Å². The Morgan fingerprint density at radius 2 is 2.14 bits per heavy atom. The van der Waals surface area contributed by atoms with Gasteiger partial charge in [0, 0.05) is 18.7 Å². The molecule has 0 spiro atoms. The number of ether oxygens (including phenoxy) is 1. The lowest BCUT2D eigenvalue weighted by Crippen LogP contribution is -2.38. The Labute approximate surface area is 124 Å². The summed E-state index contributed by atoms with van der Waals surface area (Å²) in [5.41, 5.74) is 0.678. The molecule has 0 aliphatic carbocycles. The summed E-state index contributed by atoms with van der Waals surface area (Å²) in [6.45, 7) is 4.46. The fourth-order valence-corrected chi connectivity index (χ4v) is 1.96. The molecule has 0 aliphatic rings. The second kappa shape index (κ2) is 7.58. The van der Waals surface area contributed by atoms with E-state index in [0.717, 1.165) is 5.56 Å². The molecule has 1 N–H and O–H groups in total. The zero-order chi connectivity index (χ0) is 16.0.